The molecular formula is C18H23FN2O2. The van der Waals surface area contributed by atoms with Crippen molar-refractivity contribution in [1.82, 2.24) is 4.90 Å². The normalized spacial score (nSPS) is 20.2. The van der Waals surface area contributed by atoms with E-state index in [-0.39, 0.29) is 18.2 Å². The lowest BCUT2D eigenvalue weighted by atomic mass is 9.89. The number of amides is 2. The van der Waals surface area contributed by atoms with Crippen molar-refractivity contribution < 1.29 is 14.0 Å². The van der Waals surface area contributed by atoms with Crippen LogP contribution in [0.15, 0.2) is 18.2 Å². The molecule has 1 aliphatic carbocycles. The van der Waals surface area contributed by atoms with E-state index < -0.39 is 11.7 Å². The van der Waals surface area contributed by atoms with E-state index in [0.29, 0.717) is 17.6 Å². The number of nitrogens with zero attached hydrogens (tertiary/aromatic N) is 1. The molecule has 124 valence electrons. The molecule has 1 N–H and O–H groups in total. The van der Waals surface area contributed by atoms with Gasteiger partial charge in [-0.2, -0.15) is 0 Å². The van der Waals surface area contributed by atoms with Gasteiger partial charge in [-0.3, -0.25) is 9.59 Å². The van der Waals surface area contributed by atoms with Crippen LogP contribution in [0.4, 0.5) is 10.1 Å². The van der Waals surface area contributed by atoms with Crippen molar-refractivity contribution in [2.45, 2.75) is 51.5 Å². The number of carbonyl (C=O) groups is 2. The fraction of sp³-hybridized carbons (Fsp3) is 0.556. The minimum atomic E-state index is -0.493. The predicted molar refractivity (Wildman–Crippen MR) is 86.6 cm³/mol. The Morgan fingerprint density at radius 1 is 1.39 bits per heavy atom. The molecule has 1 aromatic carbocycles. The van der Waals surface area contributed by atoms with Crippen LogP contribution in [-0.2, 0) is 9.59 Å². The molecule has 5 heteroatoms. The molecule has 0 spiro atoms. The van der Waals surface area contributed by atoms with E-state index in [1.54, 1.807) is 6.07 Å². The zero-order valence-electron chi connectivity index (χ0n) is 13.6. The van der Waals surface area contributed by atoms with Crippen LogP contribution in [0.2, 0.25) is 0 Å². The van der Waals surface area contributed by atoms with Crippen LogP contribution in [0, 0.1) is 11.7 Å². The molecule has 1 atom stereocenters. The monoisotopic (exact) mass is 318 g/mol. The lowest BCUT2D eigenvalue weighted by molar-refractivity contribution is -0.135. The standard InChI is InChI=1S/C18H23FN2O2/c1-11(2)7-8-21(13-4-5-13)18(23)15-10-17(22)20-16-9-12(19)3-6-14(15)16/h3,6,9,11,13,15H,4-5,7-8,10H2,1-2H3,(H,20,22). The lowest BCUT2D eigenvalue weighted by Gasteiger charge is -2.31. The smallest absolute Gasteiger partial charge is 0.230 e. The highest BCUT2D eigenvalue weighted by molar-refractivity contribution is 6.01. The van der Waals surface area contributed by atoms with Crippen molar-refractivity contribution in [3.05, 3.63) is 29.6 Å². The third kappa shape index (κ3) is 3.54. The summed E-state index contributed by atoms with van der Waals surface area (Å²) in [5.41, 5.74) is 1.16. The van der Waals surface area contributed by atoms with E-state index in [1.165, 1.54) is 12.1 Å². The molecule has 0 saturated heterocycles. The van der Waals surface area contributed by atoms with Crippen LogP contribution in [0.3, 0.4) is 0 Å². The second-order valence-electron chi connectivity index (χ2n) is 6.98. The van der Waals surface area contributed by atoms with Gasteiger partial charge in [0.25, 0.3) is 0 Å². The van der Waals surface area contributed by atoms with Crippen molar-refractivity contribution in [2.75, 3.05) is 11.9 Å². The average Bonchev–Trinajstić information content (AvgIpc) is 3.30. The summed E-state index contributed by atoms with van der Waals surface area (Å²) < 4.78 is 13.4. The van der Waals surface area contributed by atoms with Crippen molar-refractivity contribution >= 4 is 17.5 Å². The zero-order chi connectivity index (χ0) is 16.6. The van der Waals surface area contributed by atoms with E-state index in [2.05, 4.69) is 19.2 Å². The van der Waals surface area contributed by atoms with E-state index in [4.69, 9.17) is 0 Å². The van der Waals surface area contributed by atoms with Gasteiger partial charge < -0.3 is 10.2 Å². The fourth-order valence-electron chi connectivity index (χ4n) is 3.11. The molecule has 4 nitrogen and oxygen atoms in total. The predicted octanol–water partition coefficient (Wildman–Crippen LogP) is 3.29. The molecule has 3 rings (SSSR count). The summed E-state index contributed by atoms with van der Waals surface area (Å²) in [5, 5.41) is 2.67. The highest BCUT2D eigenvalue weighted by atomic mass is 19.1. The molecule has 1 fully saturated rings. The largest absolute Gasteiger partial charge is 0.339 e. The maximum Gasteiger partial charge on any atom is 0.230 e. The van der Waals surface area contributed by atoms with Gasteiger partial charge in [-0.25, -0.2) is 4.39 Å². The average molecular weight is 318 g/mol. The van der Waals surface area contributed by atoms with Gasteiger partial charge in [-0.15, -0.1) is 0 Å². The van der Waals surface area contributed by atoms with Crippen LogP contribution < -0.4 is 5.32 Å². The Kier molecular flexibility index (Phi) is 4.37. The van der Waals surface area contributed by atoms with Gasteiger partial charge >= 0.3 is 0 Å². The SMILES string of the molecule is CC(C)CCN(C(=O)C1CC(=O)Nc2cc(F)ccc21)C1CC1. The zero-order valence-corrected chi connectivity index (χ0v) is 13.6. The first kappa shape index (κ1) is 16.0. The number of benzene rings is 1. The highest BCUT2D eigenvalue weighted by Gasteiger charge is 2.39. The van der Waals surface area contributed by atoms with E-state index in [0.717, 1.165) is 31.4 Å². The number of nitrogens with one attached hydrogen (secondary N) is 1. The van der Waals surface area contributed by atoms with Crippen LogP contribution >= 0.6 is 0 Å². The molecule has 0 radical (unpaired) electrons. The third-order valence-electron chi connectivity index (χ3n) is 4.57. The Hall–Kier alpha value is -1.91. The first-order valence-corrected chi connectivity index (χ1v) is 8.35. The topological polar surface area (TPSA) is 49.4 Å². The Morgan fingerprint density at radius 2 is 2.13 bits per heavy atom. The van der Waals surface area contributed by atoms with E-state index in [9.17, 15) is 14.0 Å². The van der Waals surface area contributed by atoms with Crippen molar-refractivity contribution in [3.63, 3.8) is 0 Å². The highest BCUT2D eigenvalue weighted by Crippen LogP contribution is 2.37. The first-order chi connectivity index (χ1) is 11.0. The second kappa shape index (κ2) is 6.30. The van der Waals surface area contributed by atoms with Gasteiger partial charge in [0.1, 0.15) is 5.82 Å². The Balaban J connectivity index is 1.84. The molecule has 1 saturated carbocycles. The minimum absolute atomic E-state index is 0.0101. The summed E-state index contributed by atoms with van der Waals surface area (Å²) in [6.07, 6.45) is 3.18. The van der Waals surface area contributed by atoms with Crippen LogP contribution in [0.5, 0.6) is 0 Å². The summed E-state index contributed by atoms with van der Waals surface area (Å²) >= 11 is 0. The number of halogens is 1. The fourth-order valence-corrected chi connectivity index (χ4v) is 3.11. The van der Waals surface area contributed by atoms with Gasteiger partial charge in [0, 0.05) is 24.7 Å². The second-order valence-corrected chi connectivity index (χ2v) is 6.98. The van der Waals surface area contributed by atoms with Crippen molar-refractivity contribution in [3.8, 4) is 0 Å². The van der Waals surface area contributed by atoms with Crippen LogP contribution in [-0.4, -0.2) is 29.3 Å². The number of hydrogen-bond donors (Lipinski definition) is 1. The first-order valence-electron chi connectivity index (χ1n) is 8.35. The van der Waals surface area contributed by atoms with Crippen molar-refractivity contribution in [2.24, 2.45) is 5.92 Å². The lowest BCUT2D eigenvalue weighted by Crippen LogP contribution is -2.40. The Labute approximate surface area is 136 Å². The summed E-state index contributed by atoms with van der Waals surface area (Å²) in [5.74, 6) is -0.583. The molecule has 0 aromatic heterocycles. The molecule has 1 unspecified atom stereocenters. The number of rotatable bonds is 5. The molecule has 1 aliphatic heterocycles. The number of fused-ring (bicyclic) bond motifs is 1. The van der Waals surface area contributed by atoms with Gasteiger partial charge in [0.15, 0.2) is 0 Å². The van der Waals surface area contributed by atoms with Crippen LogP contribution in [0.25, 0.3) is 0 Å². The summed E-state index contributed by atoms with van der Waals surface area (Å²) in [6, 6.07) is 4.59. The molecule has 0 bridgehead atoms. The van der Waals surface area contributed by atoms with Gasteiger partial charge in [-0.1, -0.05) is 19.9 Å². The van der Waals surface area contributed by atoms with E-state index in [1.807, 2.05) is 4.90 Å². The maximum atomic E-state index is 13.4. The molecule has 1 aromatic rings. The Bertz CT molecular complexity index is 625. The third-order valence-corrected chi connectivity index (χ3v) is 4.57. The molecule has 2 aliphatic rings. The maximum absolute atomic E-state index is 13.4. The number of anilines is 1. The van der Waals surface area contributed by atoms with Crippen molar-refractivity contribution in [1.29, 1.82) is 0 Å². The van der Waals surface area contributed by atoms with Gasteiger partial charge in [-0.05, 0) is 42.9 Å². The molecule has 23 heavy (non-hydrogen) atoms. The molecule has 2 amide bonds. The summed E-state index contributed by atoms with van der Waals surface area (Å²) in [6.45, 7) is 5.01. The van der Waals surface area contributed by atoms with E-state index >= 15 is 0 Å². The minimum Gasteiger partial charge on any atom is -0.339 e. The summed E-state index contributed by atoms with van der Waals surface area (Å²) in [4.78, 5) is 26.9. The number of carbonyl (C=O) groups excluding carboxylic acids is 2. The van der Waals surface area contributed by atoms with Gasteiger partial charge in [0.05, 0.1) is 5.92 Å². The number of hydrogen-bond acceptors (Lipinski definition) is 2. The molecule has 1 heterocycles. The molecular weight excluding hydrogens is 295 g/mol. The van der Waals surface area contributed by atoms with Crippen LogP contribution in [0.1, 0.15) is 51.0 Å². The summed E-state index contributed by atoms with van der Waals surface area (Å²) in [7, 11) is 0. The quantitative estimate of drug-likeness (QED) is 0.905. The van der Waals surface area contributed by atoms with Gasteiger partial charge in [0.2, 0.25) is 11.8 Å². The Morgan fingerprint density at radius 3 is 2.78 bits per heavy atom.